The monoisotopic (exact) mass is 326 g/mol. The predicted octanol–water partition coefficient (Wildman–Crippen LogP) is 2.38. The maximum atomic E-state index is 12.6. The molecule has 0 radical (unpaired) electrons. The van der Waals surface area contributed by atoms with Crippen molar-refractivity contribution in [2.75, 3.05) is 24.5 Å². The van der Waals surface area contributed by atoms with Crippen molar-refractivity contribution in [2.45, 2.75) is 25.4 Å². The van der Waals surface area contributed by atoms with Crippen LogP contribution < -0.4 is 4.90 Å². The quantitative estimate of drug-likeness (QED) is 0.795. The fourth-order valence-electron chi connectivity index (χ4n) is 3.30. The standard InChI is InChI=1S/C16H17F3N2O2/c17-16(18,19)15(23)20-8-5-12(6-9-20)14(22)21-10-7-11-3-1-2-4-13(11)21/h1-4,12H,5-10H2. The van der Waals surface area contributed by atoms with Gasteiger partial charge in [0, 0.05) is 31.2 Å². The number of benzene rings is 1. The second-order valence-electron chi connectivity index (χ2n) is 5.93. The molecule has 2 amide bonds. The van der Waals surface area contributed by atoms with E-state index in [1.54, 1.807) is 4.90 Å². The van der Waals surface area contributed by atoms with E-state index in [0.29, 0.717) is 6.54 Å². The molecule has 0 aliphatic carbocycles. The summed E-state index contributed by atoms with van der Waals surface area (Å²) in [5.74, 6) is -2.18. The highest BCUT2D eigenvalue weighted by Crippen LogP contribution is 2.31. The average Bonchev–Trinajstić information content (AvgIpc) is 2.97. The summed E-state index contributed by atoms with van der Waals surface area (Å²) in [6, 6.07) is 7.67. The van der Waals surface area contributed by atoms with Crippen LogP contribution in [0.1, 0.15) is 18.4 Å². The van der Waals surface area contributed by atoms with Gasteiger partial charge in [-0.2, -0.15) is 13.2 Å². The molecule has 1 aromatic carbocycles. The summed E-state index contributed by atoms with van der Waals surface area (Å²) >= 11 is 0. The molecule has 0 bridgehead atoms. The Labute approximate surface area is 131 Å². The summed E-state index contributed by atoms with van der Waals surface area (Å²) in [5.41, 5.74) is 2.01. The second-order valence-corrected chi connectivity index (χ2v) is 5.93. The van der Waals surface area contributed by atoms with Gasteiger partial charge in [-0.05, 0) is 30.9 Å². The van der Waals surface area contributed by atoms with Gasteiger partial charge in [0.15, 0.2) is 0 Å². The first kappa shape index (κ1) is 15.8. The third-order valence-corrected chi connectivity index (χ3v) is 4.53. The molecule has 0 aromatic heterocycles. The molecule has 1 fully saturated rings. The van der Waals surface area contributed by atoms with Crippen LogP contribution in [0.3, 0.4) is 0 Å². The number of rotatable bonds is 1. The average molecular weight is 326 g/mol. The van der Waals surface area contributed by atoms with Crippen molar-refractivity contribution in [3.8, 4) is 0 Å². The number of fused-ring (bicyclic) bond motifs is 1. The van der Waals surface area contributed by atoms with Gasteiger partial charge in [0.2, 0.25) is 5.91 Å². The van der Waals surface area contributed by atoms with E-state index in [-0.39, 0.29) is 37.8 Å². The van der Waals surface area contributed by atoms with E-state index in [4.69, 9.17) is 0 Å². The number of hydrogen-bond donors (Lipinski definition) is 0. The summed E-state index contributed by atoms with van der Waals surface area (Å²) in [6.45, 7) is 0.564. The van der Waals surface area contributed by atoms with Crippen molar-refractivity contribution in [3.63, 3.8) is 0 Å². The van der Waals surface area contributed by atoms with Crippen molar-refractivity contribution >= 4 is 17.5 Å². The van der Waals surface area contributed by atoms with Crippen LogP contribution in [0, 0.1) is 5.92 Å². The zero-order chi connectivity index (χ0) is 16.6. The number of likely N-dealkylation sites (tertiary alicyclic amines) is 1. The van der Waals surface area contributed by atoms with E-state index in [1.807, 2.05) is 24.3 Å². The maximum absolute atomic E-state index is 12.6. The molecule has 4 nitrogen and oxygen atoms in total. The molecule has 3 rings (SSSR count). The van der Waals surface area contributed by atoms with Crippen molar-refractivity contribution in [2.24, 2.45) is 5.92 Å². The summed E-state index contributed by atoms with van der Waals surface area (Å²) in [6.07, 6.45) is -3.49. The van der Waals surface area contributed by atoms with Crippen LogP contribution in [0.15, 0.2) is 24.3 Å². The first-order chi connectivity index (χ1) is 10.9. The number of nitrogens with zero attached hydrogens (tertiary/aromatic N) is 2. The van der Waals surface area contributed by atoms with Crippen LogP contribution in [0.5, 0.6) is 0 Å². The number of halogens is 3. The van der Waals surface area contributed by atoms with Crippen LogP contribution in [0.2, 0.25) is 0 Å². The Morgan fingerprint density at radius 3 is 2.35 bits per heavy atom. The van der Waals surface area contributed by atoms with Gasteiger partial charge in [-0.3, -0.25) is 9.59 Å². The minimum Gasteiger partial charge on any atom is -0.335 e. The number of carbonyl (C=O) groups is 2. The smallest absolute Gasteiger partial charge is 0.335 e. The predicted molar refractivity (Wildman–Crippen MR) is 77.9 cm³/mol. The van der Waals surface area contributed by atoms with Gasteiger partial charge in [-0.15, -0.1) is 0 Å². The number of hydrogen-bond acceptors (Lipinski definition) is 2. The van der Waals surface area contributed by atoms with Crippen LogP contribution in [-0.4, -0.2) is 42.5 Å². The molecule has 2 aliphatic heterocycles. The minimum atomic E-state index is -4.84. The first-order valence-corrected chi connectivity index (χ1v) is 7.63. The number of carbonyl (C=O) groups excluding carboxylic acids is 2. The molecule has 0 atom stereocenters. The topological polar surface area (TPSA) is 40.6 Å². The molecule has 0 unspecified atom stereocenters. The van der Waals surface area contributed by atoms with Crippen molar-refractivity contribution in [1.82, 2.24) is 4.90 Å². The van der Waals surface area contributed by atoms with E-state index in [2.05, 4.69) is 0 Å². The Bertz CT molecular complexity index is 622. The molecular formula is C16H17F3N2O2. The lowest BCUT2D eigenvalue weighted by molar-refractivity contribution is -0.186. The molecular weight excluding hydrogens is 309 g/mol. The highest BCUT2D eigenvalue weighted by Gasteiger charge is 2.44. The minimum absolute atomic E-state index is 0.0236. The van der Waals surface area contributed by atoms with Crippen molar-refractivity contribution in [1.29, 1.82) is 0 Å². The molecule has 124 valence electrons. The van der Waals surface area contributed by atoms with Crippen LogP contribution >= 0.6 is 0 Å². The second kappa shape index (κ2) is 5.86. The molecule has 0 N–H and O–H groups in total. The maximum Gasteiger partial charge on any atom is 0.471 e. The number of para-hydroxylation sites is 1. The molecule has 23 heavy (non-hydrogen) atoms. The largest absolute Gasteiger partial charge is 0.471 e. The van der Waals surface area contributed by atoms with Crippen molar-refractivity contribution in [3.05, 3.63) is 29.8 Å². The van der Waals surface area contributed by atoms with Gasteiger partial charge in [0.05, 0.1) is 0 Å². The van der Waals surface area contributed by atoms with E-state index in [9.17, 15) is 22.8 Å². The van der Waals surface area contributed by atoms with Gasteiger partial charge in [-0.25, -0.2) is 0 Å². The normalized spacial score (nSPS) is 18.9. The fraction of sp³-hybridized carbons (Fsp3) is 0.500. The van der Waals surface area contributed by atoms with Crippen LogP contribution in [-0.2, 0) is 16.0 Å². The molecule has 2 aliphatic rings. The molecule has 2 heterocycles. The van der Waals surface area contributed by atoms with Gasteiger partial charge < -0.3 is 9.80 Å². The van der Waals surface area contributed by atoms with E-state index < -0.39 is 12.1 Å². The first-order valence-electron chi connectivity index (χ1n) is 7.63. The lowest BCUT2D eigenvalue weighted by atomic mass is 9.95. The van der Waals surface area contributed by atoms with Gasteiger partial charge in [0.25, 0.3) is 0 Å². The Morgan fingerprint density at radius 1 is 1.04 bits per heavy atom. The fourth-order valence-corrected chi connectivity index (χ4v) is 3.30. The number of anilines is 1. The molecule has 1 aromatic rings. The molecule has 0 spiro atoms. The SMILES string of the molecule is O=C(C1CCN(C(=O)C(F)(F)F)CC1)N1CCc2ccccc21. The lowest BCUT2D eigenvalue weighted by Gasteiger charge is -2.33. The van der Waals surface area contributed by atoms with E-state index >= 15 is 0 Å². The number of piperidine rings is 1. The third-order valence-electron chi connectivity index (χ3n) is 4.53. The number of amides is 2. The lowest BCUT2D eigenvalue weighted by Crippen LogP contribution is -2.48. The highest BCUT2D eigenvalue weighted by atomic mass is 19.4. The van der Waals surface area contributed by atoms with Crippen molar-refractivity contribution < 1.29 is 22.8 Å². The summed E-state index contributed by atoms with van der Waals surface area (Å²) in [4.78, 5) is 26.4. The zero-order valence-corrected chi connectivity index (χ0v) is 12.5. The summed E-state index contributed by atoms with van der Waals surface area (Å²) in [7, 11) is 0. The van der Waals surface area contributed by atoms with Crippen LogP contribution in [0.4, 0.5) is 18.9 Å². The third kappa shape index (κ3) is 3.04. The Balaban J connectivity index is 1.63. The molecule has 1 saturated heterocycles. The van der Waals surface area contributed by atoms with E-state index in [1.165, 1.54) is 0 Å². The van der Waals surface area contributed by atoms with Gasteiger partial charge >= 0.3 is 12.1 Å². The number of alkyl halides is 3. The van der Waals surface area contributed by atoms with Gasteiger partial charge in [0.1, 0.15) is 0 Å². The van der Waals surface area contributed by atoms with Gasteiger partial charge in [-0.1, -0.05) is 18.2 Å². The van der Waals surface area contributed by atoms with Crippen LogP contribution in [0.25, 0.3) is 0 Å². The Kier molecular flexibility index (Phi) is 4.04. The molecule has 0 saturated carbocycles. The summed E-state index contributed by atoms with van der Waals surface area (Å²) in [5, 5.41) is 0. The summed E-state index contributed by atoms with van der Waals surface area (Å²) < 4.78 is 37.3. The van der Waals surface area contributed by atoms with E-state index in [0.717, 1.165) is 22.6 Å². The zero-order valence-electron chi connectivity index (χ0n) is 12.5. The molecule has 7 heteroatoms. The highest BCUT2D eigenvalue weighted by molar-refractivity contribution is 5.97. The Morgan fingerprint density at radius 2 is 1.70 bits per heavy atom. The Hall–Kier alpha value is -2.05.